The van der Waals surface area contributed by atoms with Crippen LogP contribution in [0.3, 0.4) is 0 Å². The van der Waals surface area contributed by atoms with Gasteiger partial charge in [0.15, 0.2) is 0 Å². The second kappa shape index (κ2) is 7.27. The Morgan fingerprint density at radius 3 is 2.84 bits per heavy atom. The van der Waals surface area contributed by atoms with Crippen LogP contribution in [0.25, 0.3) is 0 Å². The molecule has 1 saturated heterocycles. The average Bonchev–Trinajstić information content (AvgIpc) is 3.22. The first-order valence-corrected chi connectivity index (χ1v) is 8.72. The highest BCUT2D eigenvalue weighted by molar-refractivity contribution is 6.30. The maximum Gasteiger partial charge on any atom is 0.249 e. The monoisotopic (exact) mass is 361 g/mol. The van der Waals surface area contributed by atoms with E-state index in [-0.39, 0.29) is 17.7 Å². The number of amides is 2. The molecule has 1 N–H and O–H groups in total. The van der Waals surface area contributed by atoms with Gasteiger partial charge >= 0.3 is 0 Å². The maximum atomic E-state index is 12.6. The number of benzene rings is 1. The zero-order valence-electron chi connectivity index (χ0n) is 14.2. The predicted octanol–water partition coefficient (Wildman–Crippen LogP) is 3.98. The molecular weight excluding hydrogens is 342 g/mol. The van der Waals surface area contributed by atoms with Gasteiger partial charge in [0.25, 0.3) is 0 Å². The Hall–Kier alpha value is -2.34. The van der Waals surface area contributed by atoms with E-state index in [4.69, 9.17) is 16.1 Å². The minimum atomic E-state index is -0.578. The summed E-state index contributed by atoms with van der Waals surface area (Å²) in [6.45, 7) is 4.10. The summed E-state index contributed by atoms with van der Waals surface area (Å²) in [6.07, 6.45) is 1.72. The van der Waals surface area contributed by atoms with Crippen molar-refractivity contribution < 1.29 is 14.1 Å². The molecule has 25 heavy (non-hydrogen) atoms. The fraction of sp³-hybridized carbons (Fsp3) is 0.389. The number of hydrogen-bond acceptors (Lipinski definition) is 4. The smallest absolute Gasteiger partial charge is 0.249 e. The summed E-state index contributed by atoms with van der Waals surface area (Å²) in [5.41, 5.74) is 1.46. The van der Waals surface area contributed by atoms with Crippen LogP contribution in [0.15, 0.2) is 34.9 Å². The van der Waals surface area contributed by atoms with E-state index in [1.54, 1.807) is 30.3 Å². The molecule has 0 bridgehead atoms. The summed E-state index contributed by atoms with van der Waals surface area (Å²) < 4.78 is 5.20. The average molecular weight is 362 g/mol. The van der Waals surface area contributed by atoms with E-state index in [2.05, 4.69) is 17.4 Å². The van der Waals surface area contributed by atoms with Crippen LogP contribution in [0.4, 0.5) is 11.6 Å². The molecule has 2 amide bonds. The zero-order valence-corrected chi connectivity index (χ0v) is 14.9. The number of aromatic nitrogens is 1. The number of nitrogens with zero attached hydrogens (tertiary/aromatic N) is 2. The molecule has 2 heterocycles. The molecule has 0 saturated carbocycles. The molecule has 1 aromatic carbocycles. The van der Waals surface area contributed by atoms with Gasteiger partial charge in [0.2, 0.25) is 17.7 Å². The Balaban J connectivity index is 1.75. The van der Waals surface area contributed by atoms with Crippen molar-refractivity contribution >= 4 is 35.0 Å². The second-order valence-corrected chi connectivity index (χ2v) is 6.65. The first-order valence-electron chi connectivity index (χ1n) is 8.34. The lowest BCUT2D eigenvalue weighted by Crippen LogP contribution is -2.41. The van der Waals surface area contributed by atoms with Gasteiger partial charge in [-0.3, -0.25) is 19.8 Å². The van der Waals surface area contributed by atoms with Crippen molar-refractivity contribution in [3.8, 4) is 0 Å². The van der Waals surface area contributed by atoms with E-state index < -0.39 is 6.04 Å². The van der Waals surface area contributed by atoms with Gasteiger partial charge in [0, 0.05) is 29.1 Å². The van der Waals surface area contributed by atoms with Crippen molar-refractivity contribution in [3.63, 3.8) is 0 Å². The standard InChI is InChI=1S/C18H20ClN3O3/c1-3-11(2)14-10-16(25-21-14)20-18(24)15-8-9-17(23)22(15)13-6-4-12(19)5-7-13/h4-7,10-11,15H,3,8-9H2,1-2H3,(H,20,24)/t11?,15-/m0/s1. The normalized spacial score (nSPS) is 18.4. The van der Waals surface area contributed by atoms with E-state index in [0.29, 0.717) is 29.4 Å². The van der Waals surface area contributed by atoms with Crippen LogP contribution in [-0.4, -0.2) is 23.0 Å². The van der Waals surface area contributed by atoms with Crippen LogP contribution >= 0.6 is 11.6 Å². The summed E-state index contributed by atoms with van der Waals surface area (Å²) in [7, 11) is 0. The van der Waals surface area contributed by atoms with Gasteiger partial charge in [0.1, 0.15) is 6.04 Å². The Kier molecular flexibility index (Phi) is 5.08. The lowest BCUT2D eigenvalue weighted by atomic mass is 10.1. The van der Waals surface area contributed by atoms with E-state index in [9.17, 15) is 9.59 Å². The highest BCUT2D eigenvalue weighted by Crippen LogP contribution is 2.29. The quantitative estimate of drug-likeness (QED) is 0.874. The van der Waals surface area contributed by atoms with Gasteiger partial charge in [-0.1, -0.05) is 30.6 Å². The van der Waals surface area contributed by atoms with E-state index in [1.807, 2.05) is 6.92 Å². The summed E-state index contributed by atoms with van der Waals surface area (Å²) in [4.78, 5) is 26.4. The Morgan fingerprint density at radius 1 is 1.44 bits per heavy atom. The zero-order chi connectivity index (χ0) is 18.0. The van der Waals surface area contributed by atoms with Crippen molar-refractivity contribution in [1.29, 1.82) is 0 Å². The first kappa shape index (κ1) is 17.5. The van der Waals surface area contributed by atoms with Crippen molar-refractivity contribution in [2.24, 2.45) is 0 Å². The number of hydrogen-bond donors (Lipinski definition) is 1. The van der Waals surface area contributed by atoms with E-state index in [1.165, 1.54) is 4.90 Å². The van der Waals surface area contributed by atoms with Crippen LogP contribution in [0.1, 0.15) is 44.7 Å². The molecule has 0 spiro atoms. The molecule has 2 atom stereocenters. The number of carbonyl (C=O) groups is 2. The molecule has 1 fully saturated rings. The molecule has 3 rings (SSSR count). The van der Waals surface area contributed by atoms with Gasteiger partial charge in [-0.05, 0) is 37.1 Å². The molecule has 0 radical (unpaired) electrons. The Morgan fingerprint density at radius 2 is 2.16 bits per heavy atom. The van der Waals surface area contributed by atoms with Gasteiger partial charge < -0.3 is 4.52 Å². The molecule has 2 aromatic rings. The molecule has 1 aromatic heterocycles. The molecule has 0 aliphatic carbocycles. The summed E-state index contributed by atoms with van der Waals surface area (Å²) in [5.74, 6) is 0.191. The van der Waals surface area contributed by atoms with E-state index in [0.717, 1.165) is 12.1 Å². The third-order valence-corrected chi connectivity index (χ3v) is 4.76. The van der Waals surface area contributed by atoms with Crippen molar-refractivity contribution in [2.45, 2.75) is 45.1 Å². The van der Waals surface area contributed by atoms with Crippen LogP contribution < -0.4 is 10.2 Å². The summed E-state index contributed by atoms with van der Waals surface area (Å²) >= 11 is 5.90. The van der Waals surface area contributed by atoms with Gasteiger partial charge in [-0.2, -0.15) is 0 Å². The molecule has 132 valence electrons. The number of halogens is 1. The van der Waals surface area contributed by atoms with Crippen LogP contribution in [0.2, 0.25) is 5.02 Å². The number of anilines is 2. The largest absolute Gasteiger partial charge is 0.338 e. The molecule has 1 unspecified atom stereocenters. The lowest BCUT2D eigenvalue weighted by molar-refractivity contribution is -0.120. The maximum absolute atomic E-state index is 12.6. The molecule has 7 heteroatoms. The van der Waals surface area contributed by atoms with Crippen LogP contribution in [0, 0.1) is 0 Å². The van der Waals surface area contributed by atoms with Gasteiger partial charge in [-0.15, -0.1) is 0 Å². The molecular formula is C18H20ClN3O3. The number of rotatable bonds is 5. The molecule has 1 aliphatic heterocycles. The van der Waals surface area contributed by atoms with Crippen LogP contribution in [0.5, 0.6) is 0 Å². The Labute approximate surface area is 151 Å². The fourth-order valence-electron chi connectivity index (χ4n) is 2.85. The predicted molar refractivity (Wildman–Crippen MR) is 95.8 cm³/mol. The van der Waals surface area contributed by atoms with Gasteiger partial charge in [-0.25, -0.2) is 0 Å². The van der Waals surface area contributed by atoms with Crippen LogP contribution in [-0.2, 0) is 9.59 Å². The summed E-state index contributed by atoms with van der Waals surface area (Å²) in [6, 6.07) is 8.03. The van der Waals surface area contributed by atoms with E-state index >= 15 is 0 Å². The first-order chi connectivity index (χ1) is 12.0. The minimum Gasteiger partial charge on any atom is -0.338 e. The van der Waals surface area contributed by atoms with Crippen molar-refractivity contribution in [1.82, 2.24) is 5.16 Å². The highest BCUT2D eigenvalue weighted by atomic mass is 35.5. The molecule has 1 aliphatic rings. The number of carbonyl (C=O) groups excluding carboxylic acids is 2. The SMILES string of the molecule is CCC(C)c1cc(NC(=O)[C@@H]2CCC(=O)N2c2ccc(Cl)cc2)on1. The Bertz CT molecular complexity index is 772. The number of nitrogens with one attached hydrogen (secondary N) is 1. The van der Waals surface area contributed by atoms with Crippen molar-refractivity contribution in [3.05, 3.63) is 41.0 Å². The summed E-state index contributed by atoms with van der Waals surface area (Å²) in [5, 5.41) is 7.29. The second-order valence-electron chi connectivity index (χ2n) is 6.21. The third kappa shape index (κ3) is 3.69. The third-order valence-electron chi connectivity index (χ3n) is 4.51. The fourth-order valence-corrected chi connectivity index (χ4v) is 2.98. The lowest BCUT2D eigenvalue weighted by Gasteiger charge is -2.23. The topological polar surface area (TPSA) is 75.4 Å². The molecule has 6 nitrogen and oxygen atoms in total. The van der Waals surface area contributed by atoms with Crippen molar-refractivity contribution in [2.75, 3.05) is 10.2 Å². The van der Waals surface area contributed by atoms with Gasteiger partial charge in [0.05, 0.1) is 5.69 Å². The minimum absolute atomic E-state index is 0.0830. The highest BCUT2D eigenvalue weighted by Gasteiger charge is 2.37.